The molecule has 2 aromatic heterocycles. The molecule has 2 atom stereocenters. The number of aromatic nitrogens is 1. The van der Waals surface area contributed by atoms with Gasteiger partial charge in [-0.05, 0) is 60.6 Å². The van der Waals surface area contributed by atoms with Gasteiger partial charge in [0.25, 0.3) is 5.91 Å². The smallest absolute Gasteiger partial charge is 0.381 e. The van der Waals surface area contributed by atoms with Crippen LogP contribution in [0.15, 0.2) is 30.5 Å². The van der Waals surface area contributed by atoms with Gasteiger partial charge in [0.1, 0.15) is 12.1 Å². The van der Waals surface area contributed by atoms with Gasteiger partial charge in [-0.2, -0.15) is 8.78 Å². The number of nitrogens with zero attached hydrogens (tertiary/aromatic N) is 2. The topological polar surface area (TPSA) is 158 Å². The monoisotopic (exact) mass is 684 g/mol. The first kappa shape index (κ1) is 33.6. The number of hydrogen-bond donors (Lipinski definition) is 4. The molecule has 1 aromatic carbocycles. The molecule has 0 spiro atoms. The molecule has 2 fully saturated rings. The number of carbonyl (C=O) groups excluding carboxylic acids is 3. The van der Waals surface area contributed by atoms with E-state index in [1.807, 2.05) is 0 Å². The quantitative estimate of drug-likeness (QED) is 0.234. The van der Waals surface area contributed by atoms with E-state index in [0.717, 1.165) is 41.2 Å². The van der Waals surface area contributed by atoms with Crippen LogP contribution in [0.5, 0.6) is 0 Å². The molecule has 4 heterocycles. The number of nitrogens with one attached hydrogen (secondary N) is 2. The third-order valence-electron chi connectivity index (χ3n) is 8.06. The number of benzene rings is 1. The molecule has 2 saturated heterocycles. The first-order chi connectivity index (χ1) is 21.1. The van der Waals surface area contributed by atoms with E-state index < -0.39 is 48.1 Å². The van der Waals surface area contributed by atoms with Crippen LogP contribution in [0.2, 0.25) is 0 Å². The molecule has 0 bridgehead atoms. The number of alkyl halides is 2. The Bertz CT molecular complexity index is 1640. The summed E-state index contributed by atoms with van der Waals surface area (Å²) in [6.07, 6.45) is 4.64. The molecule has 2 aliphatic rings. The maximum absolute atomic E-state index is 14.3. The summed E-state index contributed by atoms with van der Waals surface area (Å²) in [5.41, 5.74) is -6.01. The number of thiophene rings is 1. The van der Waals surface area contributed by atoms with E-state index in [1.54, 1.807) is 27.0 Å². The van der Waals surface area contributed by atoms with Crippen molar-refractivity contribution in [1.82, 2.24) is 15.2 Å². The molecule has 45 heavy (non-hydrogen) atoms. The second kappa shape index (κ2) is 12.8. The zero-order chi connectivity index (χ0) is 32.7. The summed E-state index contributed by atoms with van der Waals surface area (Å²) in [6, 6.07) is 2.71. The molecule has 244 valence electrons. The normalized spacial score (nSPS) is 19.1. The fourth-order valence-electron chi connectivity index (χ4n) is 5.53. The van der Waals surface area contributed by atoms with E-state index in [1.165, 1.54) is 28.4 Å². The van der Waals surface area contributed by atoms with Crippen LogP contribution in [0.1, 0.15) is 72.5 Å². The zero-order valence-electron chi connectivity index (χ0n) is 24.9. The lowest BCUT2D eigenvalue weighted by atomic mass is 9.85. The number of ether oxygens (including phenoxy) is 1. The number of fused-ring (bicyclic) bond motifs is 1. The summed E-state index contributed by atoms with van der Waals surface area (Å²) in [5, 5.41) is 6.32. The molecule has 3 aromatic rings. The fraction of sp³-hybridized carbons (Fsp3) is 0.517. The average Bonchev–Trinajstić information content (AvgIpc) is 3.74. The molecule has 2 aliphatic heterocycles. The third-order valence-corrected chi connectivity index (χ3v) is 11.2. The van der Waals surface area contributed by atoms with Gasteiger partial charge in [-0.15, -0.1) is 22.7 Å². The number of thiazole rings is 1. The minimum atomic E-state index is -5.76. The van der Waals surface area contributed by atoms with Crippen molar-refractivity contribution >= 4 is 63.2 Å². The molecule has 5 rings (SSSR count). The van der Waals surface area contributed by atoms with E-state index in [0.29, 0.717) is 48.3 Å². The lowest BCUT2D eigenvalue weighted by Crippen LogP contribution is -2.57. The van der Waals surface area contributed by atoms with Gasteiger partial charge >= 0.3 is 13.3 Å². The van der Waals surface area contributed by atoms with Crippen molar-refractivity contribution in [3.8, 4) is 0 Å². The number of halogens is 2. The van der Waals surface area contributed by atoms with Gasteiger partial charge in [-0.25, -0.2) is 4.98 Å². The number of carbonyl (C=O) groups is 3. The Morgan fingerprint density at radius 1 is 1.11 bits per heavy atom. The average molecular weight is 685 g/mol. The van der Waals surface area contributed by atoms with Gasteiger partial charge < -0.3 is 30.1 Å². The summed E-state index contributed by atoms with van der Waals surface area (Å²) in [6.45, 7) is 7.08. The van der Waals surface area contributed by atoms with Crippen LogP contribution in [-0.4, -0.2) is 69.2 Å². The van der Waals surface area contributed by atoms with E-state index >= 15 is 0 Å². The highest BCUT2D eigenvalue weighted by Gasteiger charge is 2.50. The van der Waals surface area contributed by atoms with E-state index in [4.69, 9.17) is 14.5 Å². The first-order valence-corrected chi connectivity index (χ1v) is 17.7. The summed E-state index contributed by atoms with van der Waals surface area (Å²) in [7, 11) is -5.76. The highest BCUT2D eigenvalue weighted by Crippen LogP contribution is 2.59. The largest absolute Gasteiger partial charge is 0.399 e. The maximum atomic E-state index is 14.3. The molecular formula is C29H35F2N4O7PS2. The van der Waals surface area contributed by atoms with Crippen molar-refractivity contribution in [2.75, 3.05) is 25.1 Å². The summed E-state index contributed by atoms with van der Waals surface area (Å²) >= 11 is 2.41. The molecular weight excluding hydrogens is 649 g/mol. The maximum Gasteiger partial charge on any atom is 0.399 e. The van der Waals surface area contributed by atoms with Crippen LogP contribution in [0.4, 0.5) is 13.9 Å². The van der Waals surface area contributed by atoms with Gasteiger partial charge in [0, 0.05) is 41.1 Å². The van der Waals surface area contributed by atoms with Crippen molar-refractivity contribution in [2.45, 2.75) is 70.1 Å². The van der Waals surface area contributed by atoms with Crippen LogP contribution in [0.25, 0.3) is 10.1 Å². The van der Waals surface area contributed by atoms with Crippen LogP contribution in [0, 0.1) is 5.41 Å². The van der Waals surface area contributed by atoms with E-state index in [-0.39, 0.29) is 16.2 Å². The molecule has 0 radical (unpaired) electrons. The summed E-state index contributed by atoms with van der Waals surface area (Å²) < 4.78 is 45.7. The van der Waals surface area contributed by atoms with Gasteiger partial charge in [0.05, 0.1) is 4.88 Å². The number of rotatable bonds is 8. The number of likely N-dealkylation sites (tertiary alicyclic amines) is 1. The lowest BCUT2D eigenvalue weighted by molar-refractivity contribution is -0.140. The van der Waals surface area contributed by atoms with Crippen molar-refractivity contribution in [3.63, 3.8) is 0 Å². The first-order valence-electron chi connectivity index (χ1n) is 14.5. The van der Waals surface area contributed by atoms with Gasteiger partial charge in [0.15, 0.2) is 5.13 Å². The zero-order valence-corrected chi connectivity index (χ0v) is 27.4. The minimum Gasteiger partial charge on any atom is -0.381 e. The van der Waals surface area contributed by atoms with Crippen molar-refractivity contribution in [2.24, 2.45) is 5.41 Å². The molecule has 3 amide bonds. The van der Waals surface area contributed by atoms with Crippen LogP contribution in [-0.2, 0) is 24.6 Å². The lowest BCUT2D eigenvalue weighted by Gasteiger charge is -2.35. The highest BCUT2D eigenvalue weighted by atomic mass is 32.1. The van der Waals surface area contributed by atoms with Gasteiger partial charge in [-0.1, -0.05) is 26.8 Å². The van der Waals surface area contributed by atoms with E-state index in [2.05, 4.69) is 15.6 Å². The molecule has 0 saturated carbocycles. The van der Waals surface area contributed by atoms with Gasteiger partial charge in [-0.3, -0.25) is 18.9 Å². The molecule has 16 heteroatoms. The number of hydrogen-bond acceptors (Lipinski definition) is 8. The van der Waals surface area contributed by atoms with Crippen LogP contribution >= 0.6 is 30.3 Å². The number of amides is 3. The van der Waals surface area contributed by atoms with Gasteiger partial charge in [0.2, 0.25) is 11.8 Å². The molecule has 11 nitrogen and oxygen atoms in total. The Balaban J connectivity index is 1.30. The Morgan fingerprint density at radius 2 is 1.82 bits per heavy atom. The number of anilines is 1. The SMILES string of the molecule is CC(C)(C)[C@H](NC(=O)c1cc2cc(C(F)(F)P(=O)(O)O)ccc2s1)C(=O)N1CCC[C@H]1C(=O)Nc1ncc(C2CCOCC2)s1. The molecule has 0 unspecified atom stereocenters. The summed E-state index contributed by atoms with van der Waals surface area (Å²) in [4.78, 5) is 65.9. The van der Waals surface area contributed by atoms with Crippen LogP contribution in [0.3, 0.4) is 0 Å². The van der Waals surface area contributed by atoms with E-state index in [9.17, 15) is 27.7 Å². The van der Waals surface area contributed by atoms with Crippen molar-refractivity contribution in [1.29, 1.82) is 0 Å². The second-order valence-electron chi connectivity index (χ2n) is 12.4. The Labute approximate surface area is 266 Å². The minimum absolute atomic E-state index is 0.128. The third kappa shape index (κ3) is 7.13. The van der Waals surface area contributed by atoms with Crippen molar-refractivity contribution < 1.29 is 42.3 Å². The van der Waals surface area contributed by atoms with Crippen LogP contribution < -0.4 is 10.6 Å². The fourth-order valence-corrected chi connectivity index (χ4v) is 7.94. The highest BCUT2D eigenvalue weighted by molar-refractivity contribution is 7.52. The predicted molar refractivity (Wildman–Crippen MR) is 167 cm³/mol. The standard InChI is InChI=1S/C29H35F2N4O7PS2/c1-28(2,3)23(33-25(37)21-14-17-13-18(6-7-20(17)44-21)29(30,31)43(39,40)41)26(38)35-10-4-5-19(35)24(36)34-27-32-15-22(45-27)16-8-11-42-12-9-16/h6-7,13-16,19,23H,4-5,8-12H2,1-3H3,(H,33,37)(H,32,34,36)(H2,39,40,41)/t19-,23+/m0/s1. The molecule has 4 N–H and O–H groups in total. The second-order valence-corrected chi connectivity index (χ2v) is 16.2. The summed E-state index contributed by atoms with van der Waals surface area (Å²) in [5.74, 6) is -1.04. The van der Waals surface area contributed by atoms with Crippen molar-refractivity contribution in [3.05, 3.63) is 45.8 Å². The Hall–Kier alpha value is -2.81. The molecule has 0 aliphatic carbocycles. The Kier molecular flexibility index (Phi) is 9.52. The predicted octanol–water partition coefficient (Wildman–Crippen LogP) is 5.25. The Morgan fingerprint density at radius 3 is 2.49 bits per heavy atom.